The second-order valence-corrected chi connectivity index (χ2v) is 9.12. The van der Waals surface area contributed by atoms with Crippen molar-refractivity contribution in [3.05, 3.63) is 0 Å². The molecule has 0 saturated heterocycles. The molecule has 0 aliphatic heterocycles. The van der Waals surface area contributed by atoms with Crippen LogP contribution in [0, 0.1) is 11.3 Å². The molecule has 4 atom stereocenters. The number of nitrogens with two attached hydrogens (primary N) is 3. The minimum Gasteiger partial charge on any atom is -0.481 e. The lowest BCUT2D eigenvalue weighted by molar-refractivity contribution is -0.142. The van der Waals surface area contributed by atoms with Crippen LogP contribution in [0.15, 0.2) is 0 Å². The highest BCUT2D eigenvalue weighted by atomic mass is 16.4. The average molecular weight is 531 g/mol. The summed E-state index contributed by atoms with van der Waals surface area (Å²) in [5.41, 5.74) is 16.3. The summed E-state index contributed by atoms with van der Waals surface area (Å²) in [6.07, 6.45) is 1.13. The van der Waals surface area contributed by atoms with Crippen molar-refractivity contribution in [3.8, 4) is 0 Å². The Morgan fingerprint density at radius 1 is 0.838 bits per heavy atom. The number of hydrogen-bond acceptors (Lipinski definition) is 8. The van der Waals surface area contributed by atoms with Gasteiger partial charge in [0.25, 0.3) is 0 Å². The third-order valence-corrected chi connectivity index (χ3v) is 5.25. The number of amides is 3. The Bertz CT molecular complexity index is 793. The molecule has 15 heteroatoms. The molecule has 0 aromatic heterocycles. The fraction of sp³-hybridized carbons (Fsp3) is 0.727. The quantitative estimate of drug-likeness (QED) is 0.0484. The van der Waals surface area contributed by atoms with Gasteiger partial charge in [0.05, 0.1) is 12.5 Å². The first-order valence-electron chi connectivity index (χ1n) is 12.2. The Kier molecular flexibility index (Phi) is 16.2. The van der Waals surface area contributed by atoms with Crippen molar-refractivity contribution in [1.29, 1.82) is 5.41 Å². The zero-order valence-corrected chi connectivity index (χ0v) is 21.4. The van der Waals surface area contributed by atoms with Crippen LogP contribution in [0.5, 0.6) is 0 Å². The first kappa shape index (κ1) is 33.5. The van der Waals surface area contributed by atoms with Crippen molar-refractivity contribution in [2.75, 3.05) is 13.1 Å². The molecule has 0 saturated carbocycles. The molecule has 0 radical (unpaired) electrons. The van der Waals surface area contributed by atoms with Crippen molar-refractivity contribution in [3.63, 3.8) is 0 Å². The van der Waals surface area contributed by atoms with E-state index in [1.54, 1.807) is 13.8 Å². The molecular weight excluding hydrogens is 488 g/mol. The number of carbonyl (C=O) groups excluding carboxylic acids is 3. The topological polar surface area (TPSA) is 276 Å². The van der Waals surface area contributed by atoms with Crippen molar-refractivity contribution in [2.24, 2.45) is 23.1 Å². The van der Waals surface area contributed by atoms with Crippen LogP contribution in [0.1, 0.15) is 58.8 Å². The summed E-state index contributed by atoms with van der Waals surface area (Å²) in [5, 5.41) is 35.6. The van der Waals surface area contributed by atoms with E-state index >= 15 is 0 Å². The number of unbranched alkanes of at least 4 members (excludes halogenated alkanes) is 1. The molecule has 0 rings (SSSR count). The maximum atomic E-state index is 13.1. The molecule has 0 aromatic carbocycles. The zero-order valence-electron chi connectivity index (χ0n) is 21.4. The maximum Gasteiger partial charge on any atom is 0.326 e. The van der Waals surface area contributed by atoms with Crippen molar-refractivity contribution < 1.29 is 34.2 Å². The Morgan fingerprint density at radius 3 is 1.89 bits per heavy atom. The summed E-state index contributed by atoms with van der Waals surface area (Å²) in [6, 6.07) is -4.83. The predicted molar refractivity (Wildman–Crippen MR) is 135 cm³/mol. The molecule has 212 valence electrons. The molecule has 15 nitrogen and oxygen atoms in total. The minimum atomic E-state index is -1.37. The third-order valence-electron chi connectivity index (χ3n) is 5.25. The van der Waals surface area contributed by atoms with E-state index in [9.17, 15) is 29.1 Å². The van der Waals surface area contributed by atoms with Gasteiger partial charge in [0, 0.05) is 6.54 Å². The summed E-state index contributed by atoms with van der Waals surface area (Å²) >= 11 is 0. The van der Waals surface area contributed by atoms with Gasteiger partial charge in [-0.05, 0) is 51.0 Å². The SMILES string of the molecule is CC(C)C[C@H](NC(=O)[C@@H](N)CC(=O)O)C(=O)N[C@@H](CCCNC(=N)N)C(=O)N[C@H](CCCCN)C(=O)O. The van der Waals surface area contributed by atoms with E-state index in [2.05, 4.69) is 21.3 Å². The fourth-order valence-corrected chi connectivity index (χ4v) is 3.36. The number of carboxylic acids is 2. The lowest BCUT2D eigenvalue weighted by Crippen LogP contribution is -2.57. The number of guanidine groups is 1. The van der Waals surface area contributed by atoms with Crippen LogP contribution in [-0.2, 0) is 24.0 Å². The van der Waals surface area contributed by atoms with Gasteiger partial charge in [-0.1, -0.05) is 13.8 Å². The van der Waals surface area contributed by atoms with Crippen LogP contribution in [0.2, 0.25) is 0 Å². The highest BCUT2D eigenvalue weighted by Gasteiger charge is 2.30. The Hall–Kier alpha value is -3.46. The summed E-state index contributed by atoms with van der Waals surface area (Å²) in [4.78, 5) is 60.9. The fourth-order valence-electron chi connectivity index (χ4n) is 3.36. The van der Waals surface area contributed by atoms with E-state index in [1.807, 2.05) is 0 Å². The summed E-state index contributed by atoms with van der Waals surface area (Å²) in [6.45, 7) is 4.21. The van der Waals surface area contributed by atoms with E-state index in [0.717, 1.165) is 0 Å². The van der Waals surface area contributed by atoms with Crippen molar-refractivity contribution >= 4 is 35.6 Å². The van der Waals surface area contributed by atoms with Crippen molar-refractivity contribution in [2.45, 2.75) is 83.0 Å². The molecular formula is C22H42N8O7. The minimum absolute atomic E-state index is 0.0577. The first-order chi connectivity index (χ1) is 17.3. The Labute approximate surface area is 216 Å². The van der Waals surface area contributed by atoms with E-state index in [0.29, 0.717) is 25.8 Å². The van der Waals surface area contributed by atoms with Gasteiger partial charge in [0.1, 0.15) is 18.1 Å². The van der Waals surface area contributed by atoms with Crippen LogP contribution in [0.25, 0.3) is 0 Å². The summed E-state index contributed by atoms with van der Waals surface area (Å²) in [5.74, 6) is -5.10. The van der Waals surface area contributed by atoms with E-state index in [1.165, 1.54) is 0 Å². The van der Waals surface area contributed by atoms with Crippen LogP contribution >= 0.6 is 0 Å². The monoisotopic (exact) mass is 530 g/mol. The first-order valence-corrected chi connectivity index (χ1v) is 12.2. The Morgan fingerprint density at radius 2 is 1.38 bits per heavy atom. The zero-order chi connectivity index (χ0) is 28.5. The lowest BCUT2D eigenvalue weighted by Gasteiger charge is -2.26. The summed E-state index contributed by atoms with van der Waals surface area (Å²) < 4.78 is 0. The van der Waals surface area contributed by atoms with Gasteiger partial charge in [-0.3, -0.25) is 24.6 Å². The maximum absolute atomic E-state index is 13.1. The molecule has 0 bridgehead atoms. The molecule has 3 amide bonds. The number of rotatable bonds is 19. The van der Waals surface area contributed by atoms with Gasteiger partial charge in [0.15, 0.2) is 5.96 Å². The van der Waals surface area contributed by atoms with Crippen LogP contribution in [0.4, 0.5) is 0 Å². The van der Waals surface area contributed by atoms with Gasteiger partial charge >= 0.3 is 11.9 Å². The van der Waals surface area contributed by atoms with Crippen LogP contribution in [-0.4, -0.2) is 83.1 Å². The lowest BCUT2D eigenvalue weighted by atomic mass is 10.0. The van der Waals surface area contributed by atoms with E-state index in [4.69, 9.17) is 27.7 Å². The molecule has 13 N–H and O–H groups in total. The largest absolute Gasteiger partial charge is 0.481 e. The molecule has 0 aromatic rings. The highest BCUT2D eigenvalue weighted by Crippen LogP contribution is 2.08. The van der Waals surface area contributed by atoms with E-state index in [-0.39, 0.29) is 37.7 Å². The molecule has 0 unspecified atom stereocenters. The molecule has 0 spiro atoms. The summed E-state index contributed by atoms with van der Waals surface area (Å²) in [7, 11) is 0. The standard InChI is InChI=1S/C22H42N8O7/c1-12(2)10-16(30-18(33)13(24)11-17(31)32)20(35)28-14(7-5-9-27-22(25)26)19(34)29-15(21(36)37)6-3-4-8-23/h12-16H,3-11,23-24H2,1-2H3,(H,28,35)(H,29,34)(H,30,33)(H,31,32)(H,36,37)(H4,25,26,27)/t13-,14-,15+,16-/m0/s1. The highest BCUT2D eigenvalue weighted by molar-refractivity contribution is 5.94. The van der Waals surface area contributed by atoms with E-state index < -0.39 is 60.2 Å². The molecule has 0 fully saturated rings. The van der Waals surface area contributed by atoms with Crippen LogP contribution < -0.4 is 38.5 Å². The number of nitrogens with one attached hydrogen (secondary N) is 5. The van der Waals surface area contributed by atoms with Crippen LogP contribution in [0.3, 0.4) is 0 Å². The number of aliphatic carboxylic acids is 2. The van der Waals surface area contributed by atoms with Gasteiger partial charge in [-0.15, -0.1) is 0 Å². The number of hydrogen-bond donors (Lipinski definition) is 10. The number of carboxylic acid groups (broad SMARTS) is 2. The normalized spacial score (nSPS) is 14.1. The second kappa shape index (κ2) is 17.9. The second-order valence-electron chi connectivity index (χ2n) is 9.12. The predicted octanol–water partition coefficient (Wildman–Crippen LogP) is -2.23. The third kappa shape index (κ3) is 15.3. The molecule has 0 heterocycles. The van der Waals surface area contributed by atoms with Gasteiger partial charge in [-0.25, -0.2) is 4.79 Å². The molecule has 37 heavy (non-hydrogen) atoms. The molecule has 0 aliphatic rings. The average Bonchev–Trinajstić information content (AvgIpc) is 2.78. The smallest absolute Gasteiger partial charge is 0.326 e. The number of carbonyl (C=O) groups is 5. The van der Waals surface area contributed by atoms with Gasteiger partial charge in [-0.2, -0.15) is 0 Å². The van der Waals surface area contributed by atoms with Gasteiger partial charge < -0.3 is 48.7 Å². The van der Waals surface area contributed by atoms with Gasteiger partial charge in [0.2, 0.25) is 17.7 Å². The Balaban J connectivity index is 5.58. The molecule has 0 aliphatic carbocycles. The van der Waals surface area contributed by atoms with Crippen molar-refractivity contribution in [1.82, 2.24) is 21.3 Å².